The molecule has 0 aromatic rings. The fourth-order valence-electron chi connectivity index (χ4n) is 12.3. The van der Waals surface area contributed by atoms with Gasteiger partial charge in [-0.15, -0.1) is 0 Å². The van der Waals surface area contributed by atoms with Crippen LogP contribution in [0.2, 0.25) is 0 Å². The van der Waals surface area contributed by atoms with Gasteiger partial charge in [-0.3, -0.25) is 4.79 Å². The van der Waals surface area contributed by atoms with Crippen LogP contribution < -0.4 is 5.32 Å². The van der Waals surface area contributed by atoms with Gasteiger partial charge in [-0.05, 0) is 64.2 Å². The SMILES string of the molecule is CC/C=C\C/C=C\C/C=C\C/C=C\C/C=C\C/C=C\CCCCCCCCCCCCCCCCC(=O)NC(COC1OC(CO)C(OC2OC(CO)C(OC3OC(CO)C(O)C(O)C3O)C(O)C2O)C(O)C1O)C(O)CCCCCCCCCCCCCCCCCC. The summed E-state index contributed by atoms with van der Waals surface area (Å²) in [5, 5.41) is 121. The Morgan fingerprint density at radius 3 is 1.15 bits per heavy atom. The highest BCUT2D eigenvalue weighted by molar-refractivity contribution is 5.76. The monoisotopic (exact) mass is 1340 g/mol. The molecule has 17 unspecified atom stereocenters. The molecule has 3 rings (SSSR count). The summed E-state index contributed by atoms with van der Waals surface area (Å²) in [6.45, 7) is 1.70. The molecule has 3 aliphatic heterocycles. The van der Waals surface area contributed by atoms with Gasteiger partial charge in [0.15, 0.2) is 18.9 Å². The van der Waals surface area contributed by atoms with Crippen LogP contribution in [0.3, 0.4) is 0 Å². The maximum Gasteiger partial charge on any atom is 0.220 e. The van der Waals surface area contributed by atoms with E-state index in [-0.39, 0.29) is 18.9 Å². The standard InChI is InChI=1S/C75H133NO18/c1-3-5-7-9-11-13-15-17-19-21-22-23-24-25-26-27-28-29-30-31-32-33-34-35-36-37-39-41-43-45-47-49-51-53-63(81)76-58(59(80)52-50-48-46-44-42-40-38-20-18-16-14-12-10-8-6-4-2)57-89-73-69(87)66(84)71(61(55-78)91-73)94-75-70(88)67(85)72(62(56-79)92-75)93-74-68(86)65(83)64(82)60(54-77)90-74/h5,7,11,13,17,19,22-23,25-26,28-29,58-62,64-75,77-80,82-88H,3-4,6,8-10,12,14-16,18,20-21,24,27,30-57H2,1-2H3,(H,76,81)/b7-5-,13-11-,19-17-,23-22-,26-25-,29-28-. The lowest BCUT2D eigenvalue weighted by molar-refractivity contribution is -0.379. The van der Waals surface area contributed by atoms with Crippen molar-refractivity contribution in [3.63, 3.8) is 0 Å². The summed E-state index contributed by atoms with van der Waals surface area (Å²) in [6, 6.07) is -0.891. The number of ether oxygens (including phenoxy) is 6. The van der Waals surface area contributed by atoms with Crippen molar-refractivity contribution >= 4 is 5.91 Å². The molecule has 19 heteroatoms. The van der Waals surface area contributed by atoms with E-state index in [4.69, 9.17) is 28.4 Å². The Labute approximate surface area is 566 Å². The first-order valence-corrected chi connectivity index (χ1v) is 37.2. The van der Waals surface area contributed by atoms with Crippen LogP contribution in [-0.2, 0) is 33.2 Å². The van der Waals surface area contributed by atoms with Crippen LogP contribution in [-0.4, -0.2) is 193 Å². The summed E-state index contributed by atoms with van der Waals surface area (Å²) in [5.74, 6) is -0.244. The fourth-order valence-corrected chi connectivity index (χ4v) is 12.3. The van der Waals surface area contributed by atoms with Crippen LogP contribution >= 0.6 is 0 Å². The molecule has 1 amide bonds. The summed E-state index contributed by atoms with van der Waals surface area (Å²) in [6.07, 6.45) is 44.1. The van der Waals surface area contributed by atoms with Crippen LogP contribution in [0.15, 0.2) is 72.9 Å². The second-order valence-electron chi connectivity index (χ2n) is 26.4. The maximum absolute atomic E-state index is 13.5. The topological polar surface area (TPSA) is 307 Å². The van der Waals surface area contributed by atoms with Gasteiger partial charge in [0.25, 0.3) is 0 Å². The van der Waals surface area contributed by atoms with Crippen molar-refractivity contribution in [2.45, 2.75) is 369 Å². The molecule has 19 nitrogen and oxygen atoms in total. The van der Waals surface area contributed by atoms with E-state index in [1.807, 2.05) is 0 Å². The molecule has 0 aromatic heterocycles. The number of amides is 1. The normalized spacial score (nSPS) is 27.8. The number of unbranched alkanes of at least 4 members (excludes halogenated alkanes) is 29. The Kier molecular flexibility index (Phi) is 50.9. The van der Waals surface area contributed by atoms with E-state index in [9.17, 15) is 61.0 Å². The zero-order valence-corrected chi connectivity index (χ0v) is 57.9. The lowest BCUT2D eigenvalue weighted by atomic mass is 9.96. The molecule has 0 saturated carbocycles. The number of allylic oxidation sites excluding steroid dienone is 12. The molecule has 0 spiro atoms. The summed E-state index contributed by atoms with van der Waals surface area (Å²) in [5.41, 5.74) is 0. The molecule has 94 heavy (non-hydrogen) atoms. The number of aliphatic hydroxyl groups is 11. The van der Waals surface area contributed by atoms with Crippen LogP contribution in [0, 0.1) is 0 Å². The second-order valence-corrected chi connectivity index (χ2v) is 26.4. The van der Waals surface area contributed by atoms with E-state index in [0.29, 0.717) is 12.8 Å². The minimum Gasteiger partial charge on any atom is -0.394 e. The van der Waals surface area contributed by atoms with Gasteiger partial charge >= 0.3 is 0 Å². The van der Waals surface area contributed by atoms with Gasteiger partial charge in [0.2, 0.25) is 5.91 Å². The van der Waals surface area contributed by atoms with Gasteiger partial charge in [-0.1, -0.05) is 267 Å². The van der Waals surface area contributed by atoms with Crippen molar-refractivity contribution in [1.29, 1.82) is 0 Å². The third kappa shape index (κ3) is 36.9. The Hall–Kier alpha value is -2.77. The Bertz CT molecular complexity index is 1980. The predicted molar refractivity (Wildman–Crippen MR) is 369 cm³/mol. The summed E-state index contributed by atoms with van der Waals surface area (Å²) >= 11 is 0. The molecule has 3 heterocycles. The molecule has 3 aliphatic rings. The minimum atomic E-state index is -1.97. The maximum atomic E-state index is 13.5. The smallest absolute Gasteiger partial charge is 0.220 e. The van der Waals surface area contributed by atoms with Crippen LogP contribution in [0.4, 0.5) is 0 Å². The second kappa shape index (κ2) is 56.0. The summed E-state index contributed by atoms with van der Waals surface area (Å²) in [4.78, 5) is 13.5. The van der Waals surface area contributed by atoms with Crippen molar-refractivity contribution in [2.24, 2.45) is 0 Å². The molecular formula is C75H133NO18. The number of carbonyl (C=O) groups is 1. The van der Waals surface area contributed by atoms with Gasteiger partial charge in [0, 0.05) is 6.42 Å². The molecule has 12 N–H and O–H groups in total. The predicted octanol–water partition coefficient (Wildman–Crippen LogP) is 10.9. The van der Waals surface area contributed by atoms with Gasteiger partial charge < -0.3 is 89.9 Å². The summed E-state index contributed by atoms with van der Waals surface area (Å²) in [7, 11) is 0. The first kappa shape index (κ1) is 85.5. The highest BCUT2D eigenvalue weighted by Gasteiger charge is 2.53. The van der Waals surface area contributed by atoms with Gasteiger partial charge in [-0.2, -0.15) is 0 Å². The number of rotatable bonds is 57. The molecule has 0 aromatic carbocycles. The zero-order valence-electron chi connectivity index (χ0n) is 57.9. The number of hydrogen-bond acceptors (Lipinski definition) is 18. The van der Waals surface area contributed by atoms with E-state index in [1.165, 1.54) is 141 Å². The van der Waals surface area contributed by atoms with E-state index in [2.05, 4.69) is 92.1 Å². The molecular weight excluding hydrogens is 1200 g/mol. The largest absolute Gasteiger partial charge is 0.394 e. The third-order valence-corrected chi connectivity index (χ3v) is 18.3. The average molecular weight is 1340 g/mol. The third-order valence-electron chi connectivity index (χ3n) is 18.3. The molecule has 0 aliphatic carbocycles. The number of nitrogens with one attached hydrogen (secondary N) is 1. The van der Waals surface area contributed by atoms with Crippen LogP contribution in [0.1, 0.15) is 264 Å². The number of aliphatic hydroxyl groups excluding tert-OH is 11. The quantitative estimate of drug-likeness (QED) is 0.0199. The first-order valence-electron chi connectivity index (χ1n) is 37.2. The van der Waals surface area contributed by atoms with Gasteiger partial charge in [0.05, 0.1) is 38.6 Å². The van der Waals surface area contributed by atoms with Gasteiger partial charge in [0.1, 0.15) is 73.2 Å². The van der Waals surface area contributed by atoms with E-state index < -0.39 is 124 Å². The summed E-state index contributed by atoms with van der Waals surface area (Å²) < 4.78 is 34.4. The molecule has 546 valence electrons. The van der Waals surface area contributed by atoms with E-state index in [0.717, 1.165) is 89.9 Å². The number of carbonyl (C=O) groups excluding carboxylic acids is 1. The Morgan fingerprint density at radius 1 is 0.394 bits per heavy atom. The Balaban J connectivity index is 1.36. The van der Waals surface area contributed by atoms with E-state index >= 15 is 0 Å². The fraction of sp³-hybridized carbons (Fsp3) is 0.827. The van der Waals surface area contributed by atoms with Crippen LogP contribution in [0.5, 0.6) is 0 Å². The highest BCUT2D eigenvalue weighted by atomic mass is 16.8. The van der Waals surface area contributed by atoms with Gasteiger partial charge in [-0.25, -0.2) is 0 Å². The Morgan fingerprint density at radius 2 is 0.734 bits per heavy atom. The molecule has 0 radical (unpaired) electrons. The van der Waals surface area contributed by atoms with Crippen molar-refractivity contribution in [1.82, 2.24) is 5.32 Å². The zero-order chi connectivity index (χ0) is 68.2. The van der Waals surface area contributed by atoms with Crippen molar-refractivity contribution < 1.29 is 89.4 Å². The van der Waals surface area contributed by atoms with Crippen molar-refractivity contribution in [2.75, 3.05) is 26.4 Å². The highest BCUT2D eigenvalue weighted by Crippen LogP contribution is 2.33. The van der Waals surface area contributed by atoms with Crippen molar-refractivity contribution in [3.05, 3.63) is 72.9 Å². The molecule has 17 atom stereocenters. The number of hydrogen-bond donors (Lipinski definition) is 12. The molecule has 3 saturated heterocycles. The molecule has 0 bridgehead atoms. The molecule has 3 fully saturated rings. The van der Waals surface area contributed by atoms with Crippen LogP contribution in [0.25, 0.3) is 0 Å². The minimum absolute atomic E-state index is 0.244. The van der Waals surface area contributed by atoms with Crippen molar-refractivity contribution in [3.8, 4) is 0 Å². The lowest BCUT2D eigenvalue weighted by Crippen LogP contribution is -2.66. The first-order chi connectivity index (χ1) is 45.8. The van der Waals surface area contributed by atoms with E-state index in [1.54, 1.807) is 0 Å². The lowest BCUT2D eigenvalue weighted by Gasteiger charge is -2.48. The average Bonchev–Trinajstić information content (AvgIpc) is 0.787.